The van der Waals surface area contributed by atoms with E-state index in [1.54, 1.807) is 6.92 Å². The molecule has 3 N–H and O–H groups in total. The summed E-state index contributed by atoms with van der Waals surface area (Å²) in [6.45, 7) is 6.44. The minimum atomic E-state index is -1.04. The van der Waals surface area contributed by atoms with E-state index in [0.717, 1.165) is 25.8 Å². The van der Waals surface area contributed by atoms with Crippen molar-refractivity contribution in [2.75, 3.05) is 19.7 Å². The van der Waals surface area contributed by atoms with Gasteiger partial charge in [0.2, 0.25) is 0 Å². The zero-order valence-corrected chi connectivity index (χ0v) is 10.6. The molecule has 4 heteroatoms. The fraction of sp³-hybridized carbons (Fsp3) is 0.917. The molecule has 0 bridgehead atoms. The second-order valence-electron chi connectivity index (χ2n) is 5.28. The lowest BCUT2D eigenvalue weighted by Gasteiger charge is -2.21. The number of aliphatic hydroxyl groups is 2. The fourth-order valence-corrected chi connectivity index (χ4v) is 1.29. The largest absolute Gasteiger partial charge is 0.393 e. The first-order valence-electron chi connectivity index (χ1n) is 5.78. The third kappa shape index (κ3) is 7.63. The molecule has 1 unspecified atom stereocenters. The van der Waals surface area contributed by atoms with E-state index in [0.29, 0.717) is 6.54 Å². The summed E-state index contributed by atoms with van der Waals surface area (Å²) in [5.41, 5.74) is -1.28. The molecule has 0 aromatic rings. The molecule has 0 spiro atoms. The molecule has 0 saturated heterocycles. The summed E-state index contributed by atoms with van der Waals surface area (Å²) in [7, 11) is 0. The van der Waals surface area contributed by atoms with E-state index < -0.39 is 5.60 Å². The highest BCUT2D eigenvalue weighted by Gasteiger charge is 2.18. The van der Waals surface area contributed by atoms with Gasteiger partial charge in [-0.3, -0.25) is 0 Å². The molecule has 0 aliphatic carbocycles. The van der Waals surface area contributed by atoms with Gasteiger partial charge >= 0.3 is 0 Å². The molecule has 0 heterocycles. The van der Waals surface area contributed by atoms with Gasteiger partial charge in [0.15, 0.2) is 0 Å². The summed E-state index contributed by atoms with van der Waals surface area (Å²) in [5, 5.41) is 30.2. The molecule has 1 atom stereocenters. The fourth-order valence-electron chi connectivity index (χ4n) is 1.29. The van der Waals surface area contributed by atoms with Gasteiger partial charge in [-0.25, -0.2) is 0 Å². The van der Waals surface area contributed by atoms with Crippen molar-refractivity contribution in [3.63, 3.8) is 0 Å². The van der Waals surface area contributed by atoms with Gasteiger partial charge in [-0.15, -0.1) is 0 Å². The van der Waals surface area contributed by atoms with E-state index in [4.69, 9.17) is 10.4 Å². The maximum Gasteiger partial charge on any atom is 0.0972 e. The summed E-state index contributed by atoms with van der Waals surface area (Å²) < 4.78 is 0. The maximum absolute atomic E-state index is 9.49. The Hall–Kier alpha value is -0.630. The van der Waals surface area contributed by atoms with Crippen LogP contribution in [0.3, 0.4) is 0 Å². The number of nitriles is 1. The van der Waals surface area contributed by atoms with E-state index in [1.807, 2.05) is 13.8 Å². The van der Waals surface area contributed by atoms with Gasteiger partial charge < -0.3 is 15.5 Å². The van der Waals surface area contributed by atoms with Crippen LogP contribution in [0, 0.1) is 16.7 Å². The van der Waals surface area contributed by atoms with Crippen LogP contribution in [0.5, 0.6) is 0 Å². The monoisotopic (exact) mass is 228 g/mol. The lowest BCUT2D eigenvalue weighted by atomic mass is 9.89. The first-order chi connectivity index (χ1) is 7.33. The van der Waals surface area contributed by atoms with Crippen LogP contribution in [0.1, 0.15) is 40.0 Å². The van der Waals surface area contributed by atoms with Crippen LogP contribution in [0.4, 0.5) is 0 Å². The van der Waals surface area contributed by atoms with Crippen molar-refractivity contribution in [3.05, 3.63) is 0 Å². The second kappa shape index (κ2) is 6.85. The van der Waals surface area contributed by atoms with Crippen LogP contribution in [0.2, 0.25) is 0 Å². The van der Waals surface area contributed by atoms with Crippen molar-refractivity contribution in [1.29, 1.82) is 5.26 Å². The van der Waals surface area contributed by atoms with Crippen LogP contribution in [0.15, 0.2) is 0 Å². The van der Waals surface area contributed by atoms with Gasteiger partial charge in [0.1, 0.15) is 0 Å². The minimum Gasteiger partial charge on any atom is -0.393 e. The van der Waals surface area contributed by atoms with Crippen molar-refractivity contribution in [3.8, 4) is 6.07 Å². The molecule has 0 aromatic carbocycles. The summed E-state index contributed by atoms with van der Waals surface area (Å²) >= 11 is 0. The molecule has 0 fully saturated rings. The number of unbranched alkanes of at least 4 members (excludes halogenated alkanes) is 1. The van der Waals surface area contributed by atoms with Crippen molar-refractivity contribution in [2.24, 2.45) is 5.41 Å². The highest BCUT2D eigenvalue weighted by Crippen LogP contribution is 2.21. The molecule has 16 heavy (non-hydrogen) atoms. The molecule has 94 valence electrons. The topological polar surface area (TPSA) is 76.3 Å². The lowest BCUT2D eigenvalue weighted by molar-refractivity contribution is 0.00284. The van der Waals surface area contributed by atoms with Gasteiger partial charge in [-0.2, -0.15) is 5.26 Å². The van der Waals surface area contributed by atoms with Gasteiger partial charge in [0.25, 0.3) is 0 Å². The Labute approximate surface area is 98.3 Å². The highest BCUT2D eigenvalue weighted by molar-refractivity contribution is 4.91. The smallest absolute Gasteiger partial charge is 0.0972 e. The number of nitrogens with one attached hydrogen (secondary N) is 1. The lowest BCUT2D eigenvalue weighted by Crippen LogP contribution is -2.41. The van der Waals surface area contributed by atoms with E-state index in [-0.39, 0.29) is 12.0 Å². The first kappa shape index (κ1) is 15.4. The molecule has 0 amide bonds. The number of aliphatic hydroxyl groups excluding tert-OH is 1. The Kier molecular flexibility index (Phi) is 6.58. The molecule has 0 aliphatic rings. The van der Waals surface area contributed by atoms with Gasteiger partial charge in [0, 0.05) is 6.54 Å². The minimum absolute atomic E-state index is 0.235. The van der Waals surface area contributed by atoms with Crippen molar-refractivity contribution in [1.82, 2.24) is 5.32 Å². The highest BCUT2D eigenvalue weighted by atomic mass is 16.3. The van der Waals surface area contributed by atoms with Gasteiger partial charge in [-0.05, 0) is 40.2 Å². The third-order valence-corrected chi connectivity index (χ3v) is 2.55. The molecular weight excluding hydrogens is 204 g/mol. The normalized spacial score (nSPS) is 15.5. The predicted molar refractivity (Wildman–Crippen MR) is 63.8 cm³/mol. The summed E-state index contributed by atoms with van der Waals surface area (Å²) in [4.78, 5) is 0. The van der Waals surface area contributed by atoms with Crippen LogP contribution in [-0.4, -0.2) is 35.5 Å². The molecule has 0 rings (SSSR count). The van der Waals surface area contributed by atoms with E-state index in [9.17, 15) is 5.11 Å². The van der Waals surface area contributed by atoms with E-state index >= 15 is 0 Å². The van der Waals surface area contributed by atoms with E-state index in [2.05, 4.69) is 11.4 Å². The Morgan fingerprint density at radius 1 is 1.25 bits per heavy atom. The quantitative estimate of drug-likeness (QED) is 0.543. The number of hydrogen-bond acceptors (Lipinski definition) is 4. The van der Waals surface area contributed by atoms with Crippen LogP contribution >= 0.6 is 0 Å². The van der Waals surface area contributed by atoms with Gasteiger partial charge in [0.05, 0.1) is 23.7 Å². The standard InChI is InChI=1S/C12H24N2O2/c1-11(2,8-13)6-4-5-7-14-9-12(3,16)10-15/h14-16H,4-7,9-10H2,1-3H3. The van der Waals surface area contributed by atoms with Crippen LogP contribution in [0.25, 0.3) is 0 Å². The van der Waals surface area contributed by atoms with E-state index in [1.165, 1.54) is 0 Å². The average molecular weight is 228 g/mol. The van der Waals surface area contributed by atoms with Crippen molar-refractivity contribution in [2.45, 2.75) is 45.6 Å². The molecule has 0 saturated carbocycles. The molecule has 0 aliphatic heterocycles. The van der Waals surface area contributed by atoms with Crippen LogP contribution in [-0.2, 0) is 0 Å². The molecule has 0 radical (unpaired) electrons. The SMILES string of the molecule is CC(C)(C#N)CCCCNCC(C)(O)CO. The first-order valence-corrected chi connectivity index (χ1v) is 5.78. The number of hydrogen-bond donors (Lipinski definition) is 3. The third-order valence-electron chi connectivity index (χ3n) is 2.55. The average Bonchev–Trinajstić information content (AvgIpc) is 2.23. The molecular formula is C12H24N2O2. The van der Waals surface area contributed by atoms with Gasteiger partial charge in [-0.1, -0.05) is 6.42 Å². The Morgan fingerprint density at radius 3 is 2.38 bits per heavy atom. The number of rotatable bonds is 8. The maximum atomic E-state index is 9.49. The van der Waals surface area contributed by atoms with Crippen molar-refractivity contribution < 1.29 is 10.2 Å². The molecule has 4 nitrogen and oxygen atoms in total. The summed E-state index contributed by atoms with van der Waals surface area (Å²) in [5.74, 6) is 0. The molecule has 0 aromatic heterocycles. The zero-order valence-electron chi connectivity index (χ0n) is 10.6. The Morgan fingerprint density at radius 2 is 1.88 bits per heavy atom. The summed E-state index contributed by atoms with van der Waals surface area (Å²) in [6, 6.07) is 2.27. The number of nitrogens with zero attached hydrogens (tertiary/aromatic N) is 1. The Balaban J connectivity index is 3.46. The van der Waals surface area contributed by atoms with Crippen LogP contribution < -0.4 is 5.32 Å². The Bertz CT molecular complexity index is 232. The van der Waals surface area contributed by atoms with Crippen molar-refractivity contribution >= 4 is 0 Å². The zero-order chi connectivity index (χ0) is 12.7. The summed E-state index contributed by atoms with van der Waals surface area (Å²) in [6.07, 6.45) is 2.86. The predicted octanol–water partition coefficient (Wildman–Crippen LogP) is 1.04. The second-order valence-corrected chi connectivity index (χ2v) is 5.28.